The first kappa shape index (κ1) is 23.5. The SMILES string of the molecule is COC(=O)c1cccc(C#Cc2ccc(COc3ccc(C#N)cc3)cc2)c1-c1ccc2cc[nH]c2c1. The molecule has 0 aliphatic heterocycles. The minimum atomic E-state index is -0.406. The van der Waals surface area contributed by atoms with E-state index in [-0.39, 0.29) is 0 Å². The smallest absolute Gasteiger partial charge is 0.338 e. The van der Waals surface area contributed by atoms with E-state index in [1.54, 1.807) is 30.3 Å². The van der Waals surface area contributed by atoms with Crippen molar-refractivity contribution in [2.75, 3.05) is 7.11 Å². The number of rotatable bonds is 5. The van der Waals surface area contributed by atoms with Gasteiger partial charge in [0.1, 0.15) is 12.4 Å². The molecule has 0 atom stereocenters. The fourth-order valence-corrected chi connectivity index (χ4v) is 4.07. The zero-order valence-corrected chi connectivity index (χ0v) is 20.1. The third-order valence-corrected chi connectivity index (χ3v) is 6.00. The lowest BCUT2D eigenvalue weighted by Crippen LogP contribution is -2.05. The molecule has 5 aromatic rings. The Morgan fingerprint density at radius 2 is 1.68 bits per heavy atom. The number of carbonyl (C=O) groups is 1. The molecule has 178 valence electrons. The van der Waals surface area contributed by atoms with E-state index in [0.29, 0.717) is 23.5 Å². The molecule has 5 nitrogen and oxygen atoms in total. The number of hydrogen-bond acceptors (Lipinski definition) is 4. The van der Waals surface area contributed by atoms with E-state index in [2.05, 4.69) is 22.9 Å². The highest BCUT2D eigenvalue weighted by Crippen LogP contribution is 2.30. The zero-order valence-electron chi connectivity index (χ0n) is 20.1. The van der Waals surface area contributed by atoms with E-state index in [9.17, 15) is 4.79 Å². The molecule has 0 saturated heterocycles. The third-order valence-electron chi connectivity index (χ3n) is 6.00. The molecule has 0 spiro atoms. The van der Waals surface area contributed by atoms with Crippen LogP contribution in [0.15, 0.2) is 97.2 Å². The molecule has 37 heavy (non-hydrogen) atoms. The van der Waals surface area contributed by atoms with Crippen molar-refractivity contribution in [2.24, 2.45) is 0 Å². The third kappa shape index (κ3) is 5.22. The lowest BCUT2D eigenvalue weighted by atomic mass is 9.93. The van der Waals surface area contributed by atoms with E-state index in [1.807, 2.05) is 66.9 Å². The van der Waals surface area contributed by atoms with Gasteiger partial charge in [-0.1, -0.05) is 42.2 Å². The summed E-state index contributed by atoms with van der Waals surface area (Å²) in [7, 11) is 1.38. The van der Waals surface area contributed by atoms with Crippen LogP contribution < -0.4 is 4.74 Å². The van der Waals surface area contributed by atoms with Gasteiger partial charge in [0, 0.05) is 28.4 Å². The van der Waals surface area contributed by atoms with Crippen molar-refractivity contribution in [1.29, 1.82) is 5.26 Å². The first-order valence-electron chi connectivity index (χ1n) is 11.7. The van der Waals surface area contributed by atoms with E-state index < -0.39 is 5.97 Å². The van der Waals surface area contributed by atoms with Gasteiger partial charge in [0.2, 0.25) is 0 Å². The quantitative estimate of drug-likeness (QED) is 0.230. The van der Waals surface area contributed by atoms with Gasteiger partial charge in [-0.15, -0.1) is 0 Å². The molecule has 1 N–H and O–H groups in total. The van der Waals surface area contributed by atoms with Gasteiger partial charge in [-0.2, -0.15) is 5.26 Å². The Bertz CT molecular complexity index is 1680. The molecule has 0 radical (unpaired) electrons. The van der Waals surface area contributed by atoms with Crippen LogP contribution in [0.4, 0.5) is 0 Å². The number of carbonyl (C=O) groups excluding carboxylic acids is 1. The molecule has 4 aromatic carbocycles. The molecule has 0 fully saturated rings. The maximum atomic E-state index is 12.6. The number of benzene rings is 4. The summed E-state index contributed by atoms with van der Waals surface area (Å²) in [5, 5.41) is 10.0. The van der Waals surface area contributed by atoms with Crippen LogP contribution in [-0.2, 0) is 11.3 Å². The highest BCUT2D eigenvalue weighted by Gasteiger charge is 2.17. The Balaban J connectivity index is 1.40. The van der Waals surface area contributed by atoms with Crippen LogP contribution in [-0.4, -0.2) is 18.1 Å². The average molecular weight is 483 g/mol. The number of aromatic nitrogens is 1. The number of methoxy groups -OCH3 is 1. The molecule has 0 bridgehead atoms. The summed E-state index contributed by atoms with van der Waals surface area (Å²) < 4.78 is 10.9. The molecular formula is C32H22N2O3. The first-order valence-corrected chi connectivity index (χ1v) is 11.7. The maximum absolute atomic E-state index is 12.6. The van der Waals surface area contributed by atoms with Gasteiger partial charge in [0.25, 0.3) is 0 Å². The Hall–Kier alpha value is -5.26. The summed E-state index contributed by atoms with van der Waals surface area (Å²) in [4.78, 5) is 15.8. The lowest BCUT2D eigenvalue weighted by Gasteiger charge is -2.11. The normalized spacial score (nSPS) is 10.3. The minimum Gasteiger partial charge on any atom is -0.489 e. The number of nitrogens with one attached hydrogen (secondary N) is 1. The Labute approximate surface area is 214 Å². The second-order valence-corrected chi connectivity index (χ2v) is 8.37. The predicted octanol–water partition coefficient (Wildman–Crippen LogP) is 6.47. The highest BCUT2D eigenvalue weighted by atomic mass is 16.5. The molecule has 0 aliphatic rings. The summed E-state index contributed by atoms with van der Waals surface area (Å²) in [5.41, 5.74) is 6.26. The van der Waals surface area contributed by atoms with Crippen LogP contribution in [0, 0.1) is 23.2 Å². The van der Waals surface area contributed by atoms with Crippen LogP contribution in [0.1, 0.15) is 32.6 Å². The summed E-state index contributed by atoms with van der Waals surface area (Å²) in [5.74, 6) is 6.77. The van der Waals surface area contributed by atoms with E-state index >= 15 is 0 Å². The summed E-state index contributed by atoms with van der Waals surface area (Å²) in [6.07, 6.45) is 1.89. The molecule has 5 heteroatoms. The maximum Gasteiger partial charge on any atom is 0.338 e. The van der Waals surface area contributed by atoms with Gasteiger partial charge in [-0.05, 0) is 77.2 Å². The van der Waals surface area contributed by atoms with Gasteiger partial charge >= 0.3 is 5.97 Å². The highest BCUT2D eigenvalue weighted by molar-refractivity contribution is 6.00. The van der Waals surface area contributed by atoms with Gasteiger partial charge in [0.15, 0.2) is 0 Å². The molecule has 1 aromatic heterocycles. The fourth-order valence-electron chi connectivity index (χ4n) is 4.07. The standard InChI is InChI=1S/C32H22N2O3/c1-36-32(35)29-4-2-3-26(31(29)27-14-13-25-17-18-34-30(25)19-27)12-9-22-5-7-24(8-6-22)21-37-28-15-10-23(20-33)11-16-28/h2-8,10-11,13-19,34H,21H2,1H3. The van der Waals surface area contributed by atoms with Gasteiger partial charge in [-0.3, -0.25) is 0 Å². The molecular weight excluding hydrogens is 460 g/mol. The topological polar surface area (TPSA) is 75.1 Å². The lowest BCUT2D eigenvalue weighted by molar-refractivity contribution is 0.0601. The number of nitriles is 1. The average Bonchev–Trinajstić information content (AvgIpc) is 3.43. The van der Waals surface area contributed by atoms with Crippen molar-refractivity contribution < 1.29 is 14.3 Å². The number of H-pyrrole nitrogens is 1. The molecule has 0 saturated carbocycles. The number of ether oxygens (including phenoxy) is 2. The number of nitrogens with zero attached hydrogens (tertiary/aromatic N) is 1. The number of fused-ring (bicyclic) bond motifs is 1. The number of esters is 1. The predicted molar refractivity (Wildman–Crippen MR) is 143 cm³/mol. The van der Waals surface area contributed by atoms with Crippen molar-refractivity contribution in [1.82, 2.24) is 4.98 Å². The van der Waals surface area contributed by atoms with Gasteiger partial charge in [0.05, 0.1) is 24.3 Å². The fraction of sp³-hybridized carbons (Fsp3) is 0.0625. The van der Waals surface area contributed by atoms with Gasteiger partial charge < -0.3 is 14.5 Å². The Morgan fingerprint density at radius 3 is 2.43 bits per heavy atom. The van der Waals surface area contributed by atoms with Crippen LogP contribution in [0.5, 0.6) is 5.75 Å². The molecule has 1 heterocycles. The minimum absolute atomic E-state index is 0.406. The van der Waals surface area contributed by atoms with E-state index in [0.717, 1.165) is 38.7 Å². The van der Waals surface area contributed by atoms with E-state index in [4.69, 9.17) is 14.7 Å². The van der Waals surface area contributed by atoms with Crippen molar-refractivity contribution in [3.05, 3.63) is 125 Å². The molecule has 0 unspecified atom stereocenters. The molecule has 5 rings (SSSR count). The van der Waals surface area contributed by atoms with Crippen LogP contribution in [0.2, 0.25) is 0 Å². The Morgan fingerprint density at radius 1 is 0.892 bits per heavy atom. The monoisotopic (exact) mass is 482 g/mol. The van der Waals surface area contributed by atoms with Crippen molar-refractivity contribution >= 4 is 16.9 Å². The van der Waals surface area contributed by atoms with Crippen molar-refractivity contribution in [3.63, 3.8) is 0 Å². The first-order chi connectivity index (χ1) is 18.1. The van der Waals surface area contributed by atoms with Crippen molar-refractivity contribution in [2.45, 2.75) is 6.61 Å². The number of hydrogen-bond donors (Lipinski definition) is 1. The second-order valence-electron chi connectivity index (χ2n) is 8.37. The summed E-state index contributed by atoms with van der Waals surface area (Å²) in [6.45, 7) is 0.409. The van der Waals surface area contributed by atoms with Crippen LogP contribution in [0.25, 0.3) is 22.0 Å². The van der Waals surface area contributed by atoms with Gasteiger partial charge in [-0.25, -0.2) is 4.79 Å². The molecule has 0 amide bonds. The van der Waals surface area contributed by atoms with E-state index in [1.165, 1.54) is 7.11 Å². The summed E-state index contributed by atoms with van der Waals surface area (Å²) >= 11 is 0. The van der Waals surface area contributed by atoms with Crippen LogP contribution >= 0.6 is 0 Å². The van der Waals surface area contributed by atoms with Crippen LogP contribution in [0.3, 0.4) is 0 Å². The Kier molecular flexibility index (Phi) is 6.70. The zero-order chi connectivity index (χ0) is 25.6. The largest absolute Gasteiger partial charge is 0.489 e. The number of aromatic amines is 1. The van der Waals surface area contributed by atoms with Crippen molar-refractivity contribution in [3.8, 4) is 34.8 Å². The second kappa shape index (κ2) is 10.6. The molecule has 0 aliphatic carbocycles. The summed E-state index contributed by atoms with van der Waals surface area (Å²) in [6, 6.07) is 30.5.